The van der Waals surface area contributed by atoms with Gasteiger partial charge in [0.25, 0.3) is 0 Å². The summed E-state index contributed by atoms with van der Waals surface area (Å²) in [6.07, 6.45) is 1.44. The quantitative estimate of drug-likeness (QED) is 0.780. The summed E-state index contributed by atoms with van der Waals surface area (Å²) in [5, 5.41) is 0. The third kappa shape index (κ3) is 3.97. The normalized spacial score (nSPS) is 18.2. The summed E-state index contributed by atoms with van der Waals surface area (Å²) in [4.78, 5) is 13.5. The molecule has 0 spiro atoms. The highest BCUT2D eigenvalue weighted by Gasteiger charge is 2.21. The van der Waals surface area contributed by atoms with Crippen LogP contribution in [-0.4, -0.2) is 23.8 Å². The Balaban J connectivity index is 0.000000686. The van der Waals surface area contributed by atoms with Gasteiger partial charge in [0.2, 0.25) is 0 Å². The summed E-state index contributed by atoms with van der Waals surface area (Å²) in [7, 11) is 0. The first kappa shape index (κ1) is 13.9. The van der Waals surface area contributed by atoms with E-state index in [1.807, 2.05) is 19.9 Å². The van der Waals surface area contributed by atoms with Crippen molar-refractivity contribution in [3.8, 4) is 0 Å². The first-order valence-electron chi connectivity index (χ1n) is 6.58. The number of carbonyl (C=O) groups excluding carboxylic acids is 1. The van der Waals surface area contributed by atoms with Crippen LogP contribution in [0.3, 0.4) is 0 Å². The van der Waals surface area contributed by atoms with E-state index in [0.29, 0.717) is 11.8 Å². The Bertz CT molecular complexity index is 324. The number of ketones is 1. The molecule has 1 aliphatic heterocycles. The molecule has 1 atom stereocenters. The maximum atomic E-state index is 11.1. The average molecular weight is 233 g/mol. The fourth-order valence-corrected chi connectivity index (χ4v) is 2.10. The molecule has 94 valence electrons. The minimum absolute atomic E-state index is 0.409. The van der Waals surface area contributed by atoms with Crippen LogP contribution >= 0.6 is 0 Å². The van der Waals surface area contributed by atoms with Crippen LogP contribution in [0.2, 0.25) is 0 Å². The third-order valence-corrected chi connectivity index (χ3v) is 3.19. The third-order valence-electron chi connectivity index (χ3n) is 3.19. The molecule has 0 amide bonds. The number of rotatable bonds is 2. The van der Waals surface area contributed by atoms with Gasteiger partial charge in [-0.2, -0.15) is 0 Å². The lowest BCUT2D eigenvalue weighted by Crippen LogP contribution is -2.35. The van der Waals surface area contributed by atoms with E-state index < -0.39 is 0 Å². The monoisotopic (exact) mass is 233 g/mol. The lowest BCUT2D eigenvalue weighted by Gasteiger charge is -2.32. The van der Waals surface area contributed by atoms with Gasteiger partial charge in [0.1, 0.15) is 5.78 Å². The number of hydrogen-bond donors (Lipinski definition) is 0. The van der Waals surface area contributed by atoms with Crippen molar-refractivity contribution in [2.45, 2.75) is 39.7 Å². The molecule has 2 nitrogen and oxygen atoms in total. The van der Waals surface area contributed by atoms with Crippen LogP contribution in [0.5, 0.6) is 0 Å². The number of benzene rings is 1. The SMILES string of the molecule is CC.CC(c1ccccc1)N1CCC(=O)CC1. The maximum Gasteiger partial charge on any atom is 0.135 e. The molecule has 17 heavy (non-hydrogen) atoms. The van der Waals surface area contributed by atoms with Gasteiger partial charge in [-0.05, 0) is 12.5 Å². The molecule has 1 heterocycles. The number of nitrogens with zero attached hydrogens (tertiary/aromatic N) is 1. The van der Waals surface area contributed by atoms with Gasteiger partial charge in [0, 0.05) is 32.0 Å². The van der Waals surface area contributed by atoms with Crippen molar-refractivity contribution in [2.75, 3.05) is 13.1 Å². The fraction of sp³-hybridized carbons (Fsp3) is 0.533. The lowest BCUT2D eigenvalue weighted by molar-refractivity contribution is -0.121. The van der Waals surface area contributed by atoms with Crippen molar-refractivity contribution >= 4 is 5.78 Å². The van der Waals surface area contributed by atoms with E-state index in [4.69, 9.17) is 0 Å². The van der Waals surface area contributed by atoms with Crippen molar-refractivity contribution in [3.63, 3.8) is 0 Å². The number of piperidine rings is 1. The van der Waals surface area contributed by atoms with Crippen molar-refractivity contribution in [3.05, 3.63) is 35.9 Å². The molecular formula is C15H23NO. The largest absolute Gasteiger partial charge is 0.300 e. The van der Waals surface area contributed by atoms with Gasteiger partial charge in [-0.3, -0.25) is 9.69 Å². The highest BCUT2D eigenvalue weighted by atomic mass is 16.1. The van der Waals surface area contributed by atoms with Gasteiger partial charge in [-0.15, -0.1) is 0 Å². The van der Waals surface area contributed by atoms with Crippen LogP contribution in [0.25, 0.3) is 0 Å². The molecule has 1 aromatic carbocycles. The molecule has 1 unspecified atom stereocenters. The number of carbonyl (C=O) groups is 1. The molecule has 0 aromatic heterocycles. The van der Waals surface area contributed by atoms with E-state index in [0.717, 1.165) is 25.9 Å². The van der Waals surface area contributed by atoms with Gasteiger partial charge >= 0.3 is 0 Å². The number of likely N-dealkylation sites (tertiary alicyclic amines) is 1. The Hall–Kier alpha value is -1.15. The minimum atomic E-state index is 0.409. The summed E-state index contributed by atoms with van der Waals surface area (Å²) in [6, 6.07) is 10.9. The molecule has 2 heteroatoms. The van der Waals surface area contributed by atoms with Gasteiger partial charge in [0.05, 0.1) is 0 Å². The number of Topliss-reactive ketones (excluding diaryl/α,β-unsaturated/α-hetero) is 1. The Kier molecular flexibility index (Phi) is 5.92. The van der Waals surface area contributed by atoms with E-state index in [2.05, 4.69) is 36.1 Å². The van der Waals surface area contributed by atoms with E-state index in [1.165, 1.54) is 5.56 Å². The Morgan fingerprint density at radius 2 is 1.59 bits per heavy atom. The van der Waals surface area contributed by atoms with Crippen LogP contribution in [0.1, 0.15) is 45.2 Å². The molecule has 0 bridgehead atoms. The van der Waals surface area contributed by atoms with Gasteiger partial charge < -0.3 is 0 Å². The van der Waals surface area contributed by atoms with Crippen LogP contribution < -0.4 is 0 Å². The zero-order valence-electron chi connectivity index (χ0n) is 11.1. The van der Waals surface area contributed by atoms with E-state index in [1.54, 1.807) is 0 Å². The smallest absolute Gasteiger partial charge is 0.135 e. The number of hydrogen-bond acceptors (Lipinski definition) is 2. The van der Waals surface area contributed by atoms with Crippen LogP contribution in [-0.2, 0) is 4.79 Å². The Morgan fingerprint density at radius 1 is 1.06 bits per heavy atom. The topological polar surface area (TPSA) is 20.3 Å². The second kappa shape index (κ2) is 7.23. The zero-order chi connectivity index (χ0) is 12.7. The molecule has 0 radical (unpaired) electrons. The Labute approximate surface area is 105 Å². The van der Waals surface area contributed by atoms with E-state index in [9.17, 15) is 4.79 Å². The summed E-state index contributed by atoms with van der Waals surface area (Å²) < 4.78 is 0. The highest BCUT2D eigenvalue weighted by molar-refractivity contribution is 5.79. The summed E-state index contributed by atoms with van der Waals surface area (Å²) in [5.41, 5.74) is 1.34. The lowest BCUT2D eigenvalue weighted by atomic mass is 10.0. The first-order valence-corrected chi connectivity index (χ1v) is 6.58. The van der Waals surface area contributed by atoms with Crippen molar-refractivity contribution in [2.24, 2.45) is 0 Å². The predicted octanol–water partition coefficient (Wildman–Crippen LogP) is 3.44. The standard InChI is InChI=1S/C13H17NO.C2H6/c1-11(12-5-3-2-4-6-12)14-9-7-13(15)8-10-14;1-2/h2-6,11H,7-10H2,1H3;1-2H3. The second-order valence-corrected chi connectivity index (χ2v) is 4.16. The summed E-state index contributed by atoms with van der Waals surface area (Å²) in [5.74, 6) is 0.409. The van der Waals surface area contributed by atoms with Crippen molar-refractivity contribution in [1.82, 2.24) is 4.90 Å². The van der Waals surface area contributed by atoms with Gasteiger partial charge in [-0.1, -0.05) is 44.2 Å². The molecule has 1 saturated heterocycles. The van der Waals surface area contributed by atoms with E-state index in [-0.39, 0.29) is 0 Å². The zero-order valence-corrected chi connectivity index (χ0v) is 11.1. The Morgan fingerprint density at radius 3 is 2.12 bits per heavy atom. The highest BCUT2D eigenvalue weighted by Crippen LogP contribution is 2.22. The molecule has 0 aliphatic carbocycles. The van der Waals surface area contributed by atoms with Gasteiger partial charge in [0.15, 0.2) is 0 Å². The molecule has 1 fully saturated rings. The van der Waals surface area contributed by atoms with Crippen LogP contribution in [0.15, 0.2) is 30.3 Å². The second-order valence-electron chi connectivity index (χ2n) is 4.16. The predicted molar refractivity (Wildman–Crippen MR) is 72.0 cm³/mol. The molecular weight excluding hydrogens is 210 g/mol. The minimum Gasteiger partial charge on any atom is -0.300 e. The first-order chi connectivity index (χ1) is 8.27. The molecule has 1 aliphatic rings. The molecule has 2 rings (SSSR count). The average Bonchev–Trinajstić information content (AvgIpc) is 2.42. The summed E-state index contributed by atoms with van der Waals surface area (Å²) in [6.45, 7) is 8.04. The van der Waals surface area contributed by atoms with E-state index >= 15 is 0 Å². The molecule has 0 saturated carbocycles. The van der Waals surface area contributed by atoms with Crippen LogP contribution in [0.4, 0.5) is 0 Å². The maximum absolute atomic E-state index is 11.1. The van der Waals surface area contributed by atoms with Crippen molar-refractivity contribution in [1.29, 1.82) is 0 Å². The van der Waals surface area contributed by atoms with Gasteiger partial charge in [-0.25, -0.2) is 0 Å². The molecule has 1 aromatic rings. The molecule has 0 N–H and O–H groups in total. The van der Waals surface area contributed by atoms with Crippen LogP contribution in [0, 0.1) is 0 Å². The van der Waals surface area contributed by atoms with Crippen molar-refractivity contribution < 1.29 is 4.79 Å². The summed E-state index contributed by atoms with van der Waals surface area (Å²) >= 11 is 0. The fourth-order valence-electron chi connectivity index (χ4n) is 2.10.